The monoisotopic (exact) mass is 341 g/mol. The van der Waals surface area contributed by atoms with Crippen molar-refractivity contribution in [1.29, 1.82) is 0 Å². The van der Waals surface area contributed by atoms with E-state index in [4.69, 9.17) is 0 Å². The second kappa shape index (κ2) is 6.94. The Labute approximate surface area is 139 Å². The zero-order valence-electron chi connectivity index (χ0n) is 14.0. The maximum absolute atomic E-state index is 13.4. The molecule has 2 N–H and O–H groups in total. The zero-order chi connectivity index (χ0) is 18.0. The summed E-state index contributed by atoms with van der Waals surface area (Å²) in [6.45, 7) is 5.94. The summed E-state index contributed by atoms with van der Waals surface area (Å²) in [7, 11) is 0. The molecule has 0 aliphatic carbocycles. The van der Waals surface area contributed by atoms with Gasteiger partial charge in [-0.15, -0.1) is 0 Å². The van der Waals surface area contributed by atoms with Crippen LogP contribution in [0.1, 0.15) is 29.4 Å². The van der Waals surface area contributed by atoms with E-state index in [0.717, 1.165) is 17.0 Å². The molecule has 1 atom stereocenters. The minimum absolute atomic E-state index is 0.178. The Balaban J connectivity index is 2.17. The average Bonchev–Trinajstić information content (AvgIpc) is 2.81. The van der Waals surface area contributed by atoms with Crippen LogP contribution in [0.25, 0.3) is 0 Å². The predicted octanol–water partition coefficient (Wildman–Crippen LogP) is 3.06. The van der Waals surface area contributed by atoms with Gasteiger partial charge in [0, 0.05) is 30.9 Å². The van der Waals surface area contributed by atoms with Crippen LogP contribution in [0.5, 0.6) is 0 Å². The van der Waals surface area contributed by atoms with Gasteiger partial charge in [-0.3, -0.25) is 4.68 Å². The van der Waals surface area contributed by atoms with E-state index in [2.05, 4.69) is 10.4 Å². The molecule has 132 valence electrons. The average molecular weight is 341 g/mol. The highest BCUT2D eigenvalue weighted by Crippen LogP contribution is 2.38. The fourth-order valence-electron chi connectivity index (χ4n) is 2.75. The van der Waals surface area contributed by atoms with Crippen molar-refractivity contribution in [2.45, 2.75) is 45.6 Å². The van der Waals surface area contributed by atoms with Gasteiger partial charge in [-0.2, -0.15) is 18.3 Å². The maximum atomic E-state index is 13.4. The molecule has 1 heterocycles. The third-order valence-corrected chi connectivity index (χ3v) is 4.23. The predicted molar refractivity (Wildman–Crippen MR) is 85.5 cm³/mol. The molecule has 0 radical (unpaired) electrons. The number of rotatable bonds is 6. The van der Waals surface area contributed by atoms with E-state index >= 15 is 0 Å². The smallest absolute Gasteiger partial charge is 0.375 e. The van der Waals surface area contributed by atoms with Crippen LogP contribution in [0, 0.1) is 13.8 Å². The molecule has 0 spiro atoms. The first-order valence-electron chi connectivity index (χ1n) is 7.79. The van der Waals surface area contributed by atoms with Gasteiger partial charge in [0.25, 0.3) is 0 Å². The van der Waals surface area contributed by atoms with Crippen LogP contribution < -0.4 is 5.32 Å². The second-order valence-corrected chi connectivity index (χ2v) is 5.79. The summed E-state index contributed by atoms with van der Waals surface area (Å²) in [5, 5.41) is 17.4. The summed E-state index contributed by atoms with van der Waals surface area (Å²) in [6, 6.07) is 7.12. The molecule has 2 aromatic rings. The van der Waals surface area contributed by atoms with E-state index in [0.29, 0.717) is 6.54 Å². The van der Waals surface area contributed by atoms with Crippen molar-refractivity contribution in [3.8, 4) is 0 Å². The van der Waals surface area contributed by atoms with Crippen molar-refractivity contribution in [2.24, 2.45) is 0 Å². The summed E-state index contributed by atoms with van der Waals surface area (Å²) in [5.74, 6) is 0. The first-order chi connectivity index (χ1) is 11.2. The Morgan fingerprint density at radius 3 is 2.29 bits per heavy atom. The molecule has 1 aromatic heterocycles. The highest BCUT2D eigenvalue weighted by Gasteiger charge is 2.54. The van der Waals surface area contributed by atoms with Gasteiger partial charge < -0.3 is 10.4 Å². The highest BCUT2D eigenvalue weighted by atomic mass is 19.4. The summed E-state index contributed by atoms with van der Waals surface area (Å²) < 4.78 is 42.1. The van der Waals surface area contributed by atoms with E-state index in [1.807, 2.05) is 20.8 Å². The number of aromatic nitrogens is 2. The van der Waals surface area contributed by atoms with E-state index in [-0.39, 0.29) is 12.1 Å². The normalized spacial score (nSPS) is 14.6. The zero-order valence-corrected chi connectivity index (χ0v) is 14.0. The van der Waals surface area contributed by atoms with Gasteiger partial charge in [-0.1, -0.05) is 30.3 Å². The van der Waals surface area contributed by atoms with Gasteiger partial charge in [-0.25, -0.2) is 0 Å². The summed E-state index contributed by atoms with van der Waals surface area (Å²) in [4.78, 5) is 0. The molecule has 0 saturated heterocycles. The third kappa shape index (κ3) is 3.47. The van der Waals surface area contributed by atoms with Gasteiger partial charge in [0.2, 0.25) is 0 Å². The van der Waals surface area contributed by atoms with Crippen molar-refractivity contribution in [3.63, 3.8) is 0 Å². The van der Waals surface area contributed by atoms with Crippen molar-refractivity contribution < 1.29 is 18.3 Å². The lowest BCUT2D eigenvalue weighted by molar-refractivity contribution is -0.264. The Bertz CT molecular complexity index is 682. The molecule has 0 aliphatic rings. The minimum atomic E-state index is -4.78. The van der Waals surface area contributed by atoms with Crippen LogP contribution in [0.4, 0.5) is 13.2 Å². The molecule has 0 aliphatic heterocycles. The fraction of sp³-hybridized carbons (Fsp3) is 0.471. The van der Waals surface area contributed by atoms with E-state index in [1.54, 1.807) is 10.7 Å². The Hall–Kier alpha value is -1.86. The molecular formula is C17H22F3N3O. The molecule has 2 rings (SSSR count). The molecule has 7 heteroatoms. The van der Waals surface area contributed by atoms with Gasteiger partial charge in [0.05, 0.1) is 5.69 Å². The van der Waals surface area contributed by atoms with Crippen LogP contribution >= 0.6 is 0 Å². The lowest BCUT2D eigenvalue weighted by Crippen LogP contribution is -2.49. The molecule has 0 unspecified atom stereocenters. The molecule has 0 bridgehead atoms. The van der Waals surface area contributed by atoms with E-state index in [1.165, 1.54) is 24.3 Å². The molecule has 4 nitrogen and oxygen atoms in total. The Morgan fingerprint density at radius 2 is 1.79 bits per heavy atom. The molecular weight excluding hydrogens is 319 g/mol. The number of nitrogens with zero attached hydrogens (tertiary/aromatic N) is 2. The van der Waals surface area contributed by atoms with Crippen LogP contribution in [0.2, 0.25) is 0 Å². The lowest BCUT2D eigenvalue weighted by atomic mass is 9.93. The Morgan fingerprint density at radius 1 is 1.17 bits per heavy atom. The van der Waals surface area contributed by atoms with Crippen molar-refractivity contribution >= 4 is 0 Å². The molecule has 0 fully saturated rings. The van der Waals surface area contributed by atoms with Crippen LogP contribution in [0.15, 0.2) is 30.3 Å². The number of aliphatic hydroxyl groups is 1. The van der Waals surface area contributed by atoms with Crippen molar-refractivity contribution in [3.05, 3.63) is 52.8 Å². The highest BCUT2D eigenvalue weighted by molar-refractivity contribution is 5.26. The number of halogens is 3. The summed E-state index contributed by atoms with van der Waals surface area (Å²) in [6.07, 6.45) is -4.78. The van der Waals surface area contributed by atoms with Gasteiger partial charge >= 0.3 is 6.18 Å². The van der Waals surface area contributed by atoms with Crippen molar-refractivity contribution in [2.75, 3.05) is 6.54 Å². The number of aryl methyl sites for hydroxylation is 2. The number of benzene rings is 1. The second-order valence-electron chi connectivity index (χ2n) is 5.79. The SMILES string of the molecule is CCn1nc(C)c(CNC[C@@](O)(c2ccccc2)C(F)(F)F)c1C. The standard InChI is InChI=1S/C17H22F3N3O/c1-4-23-13(3)15(12(2)22-23)10-21-11-16(24,17(18,19)20)14-8-6-5-7-9-14/h5-9,21,24H,4,10-11H2,1-3H3/t16-/m1/s1. The van der Waals surface area contributed by atoms with Crippen molar-refractivity contribution in [1.82, 2.24) is 15.1 Å². The summed E-state index contributed by atoms with van der Waals surface area (Å²) in [5.41, 5.74) is -0.566. The van der Waals surface area contributed by atoms with Crippen LogP contribution in [0.3, 0.4) is 0 Å². The quantitative estimate of drug-likeness (QED) is 0.849. The first kappa shape index (κ1) is 18.5. The fourth-order valence-corrected chi connectivity index (χ4v) is 2.75. The number of hydrogen-bond donors (Lipinski definition) is 2. The van der Waals surface area contributed by atoms with Crippen LogP contribution in [-0.4, -0.2) is 27.6 Å². The van der Waals surface area contributed by atoms with Crippen LogP contribution in [-0.2, 0) is 18.7 Å². The molecule has 1 aromatic carbocycles. The largest absolute Gasteiger partial charge is 0.422 e. The number of hydrogen-bond acceptors (Lipinski definition) is 3. The van der Waals surface area contributed by atoms with Gasteiger partial charge in [0.15, 0.2) is 5.60 Å². The number of nitrogens with one attached hydrogen (secondary N) is 1. The summed E-state index contributed by atoms with van der Waals surface area (Å²) >= 11 is 0. The minimum Gasteiger partial charge on any atom is -0.375 e. The Kier molecular flexibility index (Phi) is 5.35. The molecule has 24 heavy (non-hydrogen) atoms. The topological polar surface area (TPSA) is 50.1 Å². The maximum Gasteiger partial charge on any atom is 0.422 e. The molecule has 0 saturated carbocycles. The third-order valence-electron chi connectivity index (χ3n) is 4.23. The lowest BCUT2D eigenvalue weighted by Gasteiger charge is -2.31. The van der Waals surface area contributed by atoms with Gasteiger partial charge in [-0.05, 0) is 26.3 Å². The molecule has 0 amide bonds. The van der Waals surface area contributed by atoms with E-state index in [9.17, 15) is 18.3 Å². The first-order valence-corrected chi connectivity index (χ1v) is 7.79. The van der Waals surface area contributed by atoms with E-state index < -0.39 is 18.3 Å². The van der Waals surface area contributed by atoms with Gasteiger partial charge in [0.1, 0.15) is 0 Å². The number of alkyl halides is 3.